The fourth-order valence-electron chi connectivity index (χ4n) is 0.201. The molecular weight excluding hydrogens is 140 g/mol. The van der Waals surface area contributed by atoms with E-state index in [0.29, 0.717) is 0 Å². The van der Waals surface area contributed by atoms with Crippen LogP contribution >= 0.6 is 21.6 Å². The maximum Gasteiger partial charge on any atom is 0.0521 e. The van der Waals surface area contributed by atoms with E-state index in [-0.39, 0.29) is 0 Å². The molecule has 0 radical (unpaired) electrons. The smallest absolute Gasteiger partial charge is 0.0521 e. The van der Waals surface area contributed by atoms with E-state index in [9.17, 15) is 0 Å². The topological polar surface area (TPSA) is 24.1 Å². The molecule has 0 aromatic carbocycles. The summed E-state index contributed by atoms with van der Waals surface area (Å²) in [6.45, 7) is 0. The minimum Gasteiger partial charge on any atom is -0.310 e. The normalized spacial score (nSPS) is 9.75. The van der Waals surface area contributed by atoms with Gasteiger partial charge in [-0.1, -0.05) is 21.6 Å². The van der Waals surface area contributed by atoms with Crippen LogP contribution in [0.15, 0.2) is 0 Å². The molecule has 0 saturated heterocycles. The zero-order chi connectivity index (χ0) is 6.24. The van der Waals surface area contributed by atoms with Gasteiger partial charge in [0.2, 0.25) is 0 Å². The van der Waals surface area contributed by atoms with Gasteiger partial charge in [0.15, 0.2) is 0 Å². The van der Waals surface area contributed by atoms with Crippen LogP contribution in [0.3, 0.4) is 0 Å². The number of hydrogen-bond acceptors (Lipinski definition) is 4. The molecular formula is C4H12N2S2. The second kappa shape index (κ2) is 7.62. The molecule has 50 valence electrons. The summed E-state index contributed by atoms with van der Waals surface area (Å²) in [4.78, 5) is 0. The minimum absolute atomic E-state index is 1.02. The lowest BCUT2D eigenvalue weighted by Crippen LogP contribution is -2.05. The Morgan fingerprint density at radius 1 is 1.00 bits per heavy atom. The third-order valence-electron chi connectivity index (χ3n) is 0.490. The first-order valence-corrected chi connectivity index (χ1v) is 4.94. The van der Waals surface area contributed by atoms with Crippen molar-refractivity contribution in [1.29, 1.82) is 0 Å². The van der Waals surface area contributed by atoms with Crippen LogP contribution in [0, 0.1) is 0 Å². The Labute approximate surface area is 58.6 Å². The van der Waals surface area contributed by atoms with Crippen LogP contribution in [0.4, 0.5) is 0 Å². The molecule has 0 rings (SSSR count). The maximum atomic E-state index is 3.04. The average Bonchev–Trinajstić information content (AvgIpc) is 1.81. The van der Waals surface area contributed by atoms with E-state index in [0.717, 1.165) is 11.8 Å². The van der Waals surface area contributed by atoms with Gasteiger partial charge in [-0.3, -0.25) is 0 Å². The van der Waals surface area contributed by atoms with Crippen LogP contribution in [-0.4, -0.2) is 25.8 Å². The Morgan fingerprint density at radius 2 is 1.38 bits per heavy atom. The van der Waals surface area contributed by atoms with Crippen LogP contribution in [0.5, 0.6) is 0 Å². The molecule has 0 atom stereocenters. The third-order valence-corrected chi connectivity index (χ3v) is 2.68. The molecule has 0 amide bonds. The molecule has 0 unspecified atom stereocenters. The molecule has 8 heavy (non-hydrogen) atoms. The largest absolute Gasteiger partial charge is 0.310 e. The zero-order valence-electron chi connectivity index (χ0n) is 5.23. The van der Waals surface area contributed by atoms with Gasteiger partial charge in [0, 0.05) is 0 Å². The van der Waals surface area contributed by atoms with Crippen LogP contribution in [-0.2, 0) is 0 Å². The van der Waals surface area contributed by atoms with E-state index in [1.807, 2.05) is 35.7 Å². The van der Waals surface area contributed by atoms with Gasteiger partial charge >= 0.3 is 0 Å². The summed E-state index contributed by atoms with van der Waals surface area (Å²) in [6.07, 6.45) is 0. The van der Waals surface area contributed by atoms with Crippen molar-refractivity contribution in [3.63, 3.8) is 0 Å². The number of nitrogens with one attached hydrogen (secondary N) is 2. The van der Waals surface area contributed by atoms with E-state index in [1.165, 1.54) is 0 Å². The van der Waals surface area contributed by atoms with E-state index in [2.05, 4.69) is 10.6 Å². The Hall–Kier alpha value is 0.620. The number of rotatable bonds is 5. The van der Waals surface area contributed by atoms with Crippen molar-refractivity contribution >= 4 is 21.6 Å². The molecule has 0 aromatic rings. The van der Waals surface area contributed by atoms with Gasteiger partial charge < -0.3 is 10.6 Å². The summed E-state index contributed by atoms with van der Waals surface area (Å²) in [5.74, 6) is 2.04. The highest BCUT2D eigenvalue weighted by atomic mass is 33.1. The second-order valence-corrected chi connectivity index (χ2v) is 3.69. The van der Waals surface area contributed by atoms with Crippen LogP contribution in [0.2, 0.25) is 0 Å². The van der Waals surface area contributed by atoms with Gasteiger partial charge in [-0.05, 0) is 14.1 Å². The summed E-state index contributed by atoms with van der Waals surface area (Å²) in [5, 5.41) is 6.08. The lowest BCUT2D eigenvalue weighted by Gasteiger charge is -1.96. The van der Waals surface area contributed by atoms with Crippen molar-refractivity contribution < 1.29 is 0 Å². The van der Waals surface area contributed by atoms with Crippen molar-refractivity contribution in [2.24, 2.45) is 0 Å². The molecule has 0 aliphatic rings. The Kier molecular flexibility index (Phi) is 8.21. The Balaban J connectivity index is 2.53. The monoisotopic (exact) mass is 152 g/mol. The first kappa shape index (κ1) is 8.62. The van der Waals surface area contributed by atoms with Gasteiger partial charge in [-0.25, -0.2) is 0 Å². The Morgan fingerprint density at radius 3 is 1.62 bits per heavy atom. The fourth-order valence-corrected chi connectivity index (χ4v) is 1.81. The third kappa shape index (κ3) is 6.62. The van der Waals surface area contributed by atoms with E-state index in [1.54, 1.807) is 0 Å². The predicted molar refractivity (Wildman–Crippen MR) is 43.0 cm³/mol. The van der Waals surface area contributed by atoms with Gasteiger partial charge in [0.1, 0.15) is 0 Å². The van der Waals surface area contributed by atoms with Crippen molar-refractivity contribution in [2.75, 3.05) is 25.8 Å². The molecule has 4 heteroatoms. The highest BCUT2D eigenvalue weighted by molar-refractivity contribution is 8.76. The summed E-state index contributed by atoms with van der Waals surface area (Å²) in [5.41, 5.74) is 0. The Bertz CT molecular complexity index is 37.0. The maximum absolute atomic E-state index is 3.04. The molecule has 0 aliphatic heterocycles. The molecule has 0 spiro atoms. The molecule has 0 aromatic heterocycles. The lowest BCUT2D eigenvalue weighted by molar-refractivity contribution is 0.982. The molecule has 0 bridgehead atoms. The zero-order valence-corrected chi connectivity index (χ0v) is 6.86. The number of hydrogen-bond donors (Lipinski definition) is 2. The molecule has 2 nitrogen and oxygen atoms in total. The van der Waals surface area contributed by atoms with Gasteiger partial charge in [0.05, 0.1) is 11.8 Å². The van der Waals surface area contributed by atoms with Crippen molar-refractivity contribution in [1.82, 2.24) is 10.6 Å². The van der Waals surface area contributed by atoms with Gasteiger partial charge in [-0.15, -0.1) is 0 Å². The second-order valence-electron chi connectivity index (χ2n) is 1.23. The summed E-state index contributed by atoms with van der Waals surface area (Å²) >= 11 is 0. The SMILES string of the molecule is CNCSSCNC. The summed E-state index contributed by atoms with van der Waals surface area (Å²) in [6, 6.07) is 0. The molecule has 2 N–H and O–H groups in total. The highest BCUT2D eigenvalue weighted by Gasteiger charge is 1.82. The fraction of sp³-hybridized carbons (Fsp3) is 1.00. The predicted octanol–water partition coefficient (Wildman–Crippen LogP) is 0.722. The van der Waals surface area contributed by atoms with E-state index in [4.69, 9.17) is 0 Å². The van der Waals surface area contributed by atoms with Crippen molar-refractivity contribution in [3.8, 4) is 0 Å². The van der Waals surface area contributed by atoms with Crippen LogP contribution in [0.1, 0.15) is 0 Å². The lowest BCUT2D eigenvalue weighted by atomic mass is 11.3. The van der Waals surface area contributed by atoms with Crippen LogP contribution < -0.4 is 10.6 Å². The van der Waals surface area contributed by atoms with Gasteiger partial charge in [-0.2, -0.15) is 0 Å². The first-order chi connectivity index (χ1) is 3.91. The highest BCUT2D eigenvalue weighted by Crippen LogP contribution is 2.16. The van der Waals surface area contributed by atoms with Crippen molar-refractivity contribution in [2.45, 2.75) is 0 Å². The quantitative estimate of drug-likeness (QED) is 0.344. The molecule has 0 fully saturated rings. The molecule has 0 saturated carbocycles. The molecule has 0 aliphatic carbocycles. The van der Waals surface area contributed by atoms with Crippen LogP contribution in [0.25, 0.3) is 0 Å². The standard InChI is InChI=1S/C4H12N2S2/c1-5-3-7-8-4-6-2/h5-6H,3-4H2,1-2H3. The summed E-state index contributed by atoms with van der Waals surface area (Å²) in [7, 11) is 7.54. The molecule has 0 heterocycles. The van der Waals surface area contributed by atoms with Gasteiger partial charge in [0.25, 0.3) is 0 Å². The average molecular weight is 152 g/mol. The van der Waals surface area contributed by atoms with E-state index < -0.39 is 0 Å². The minimum atomic E-state index is 1.02. The first-order valence-electron chi connectivity index (χ1n) is 2.45. The summed E-state index contributed by atoms with van der Waals surface area (Å²) < 4.78 is 0. The van der Waals surface area contributed by atoms with E-state index >= 15 is 0 Å². The van der Waals surface area contributed by atoms with Crippen molar-refractivity contribution in [3.05, 3.63) is 0 Å².